The second-order valence-corrected chi connectivity index (χ2v) is 9.08. The highest BCUT2D eigenvalue weighted by Gasteiger charge is 2.48. The van der Waals surface area contributed by atoms with Crippen molar-refractivity contribution < 1.29 is 54.7 Å². The van der Waals surface area contributed by atoms with Crippen LogP contribution in [0.15, 0.2) is 30.3 Å². The largest absolute Gasteiger partial charge is 0.504 e. The van der Waals surface area contributed by atoms with Crippen molar-refractivity contribution in [3.8, 4) is 23.0 Å². The summed E-state index contributed by atoms with van der Waals surface area (Å²) in [6.45, 7) is -0.926. The molecule has 0 spiro atoms. The van der Waals surface area contributed by atoms with E-state index in [0.29, 0.717) is 17.5 Å². The van der Waals surface area contributed by atoms with Crippen molar-refractivity contribution in [3.63, 3.8) is 0 Å². The predicted molar refractivity (Wildman–Crippen MR) is 124 cm³/mol. The second kappa shape index (κ2) is 10.8. The number of phenols is 2. The molecular weight excluding hydrogens is 476 g/mol. The maximum Gasteiger partial charge on any atom is 0.187 e. The van der Waals surface area contributed by atoms with E-state index in [9.17, 15) is 35.7 Å². The SMILES string of the molecule is COc1cc([C@@H]2c3cc(O)c(OC)cc3C[C@H](CO)[C@H]2O[C@@H]2O[C@H](CO)[C@@H](O)[C@H](O)[C@H]2O)ccc1O. The number of aromatic hydroxyl groups is 2. The highest BCUT2D eigenvalue weighted by atomic mass is 16.7. The number of aliphatic hydroxyl groups is 5. The zero-order chi connectivity index (χ0) is 26.1. The van der Waals surface area contributed by atoms with Crippen LogP contribution in [0, 0.1) is 5.92 Å². The number of benzene rings is 2. The molecule has 0 saturated carbocycles. The van der Waals surface area contributed by atoms with E-state index in [2.05, 4.69) is 0 Å². The van der Waals surface area contributed by atoms with Gasteiger partial charge in [0.1, 0.15) is 24.4 Å². The molecule has 1 aliphatic carbocycles. The van der Waals surface area contributed by atoms with Crippen LogP contribution in [-0.2, 0) is 15.9 Å². The van der Waals surface area contributed by atoms with Crippen molar-refractivity contribution in [1.29, 1.82) is 0 Å². The molecule has 1 saturated heterocycles. The lowest BCUT2D eigenvalue weighted by Gasteiger charge is -2.45. The highest BCUT2D eigenvalue weighted by Crippen LogP contribution is 2.47. The van der Waals surface area contributed by atoms with Crippen LogP contribution in [0.1, 0.15) is 22.6 Å². The van der Waals surface area contributed by atoms with Crippen molar-refractivity contribution in [2.75, 3.05) is 27.4 Å². The molecule has 198 valence electrons. The molecule has 2 aromatic carbocycles. The predicted octanol–water partition coefficient (Wildman–Crippen LogP) is -0.403. The molecule has 0 radical (unpaired) electrons. The van der Waals surface area contributed by atoms with Gasteiger partial charge in [0, 0.05) is 18.4 Å². The molecule has 1 fully saturated rings. The first-order valence-corrected chi connectivity index (χ1v) is 11.6. The van der Waals surface area contributed by atoms with E-state index < -0.39 is 55.3 Å². The summed E-state index contributed by atoms with van der Waals surface area (Å²) >= 11 is 0. The standard InChI is InChI=1S/C25H32O11/c1-33-17-6-11(3-4-15(17)28)20-14-8-16(29)18(34-2)7-12(14)5-13(9-26)24(20)36-25-23(32)22(31)21(30)19(10-27)35-25/h3-4,6-8,13,19-32H,5,9-10H2,1-2H3/t13-,19-,20-,21-,22+,23-,24-,25+/m1/s1. The molecule has 36 heavy (non-hydrogen) atoms. The van der Waals surface area contributed by atoms with E-state index in [1.165, 1.54) is 26.4 Å². The summed E-state index contributed by atoms with van der Waals surface area (Å²) < 4.78 is 22.3. The van der Waals surface area contributed by atoms with Crippen LogP contribution >= 0.6 is 0 Å². The number of rotatable bonds is 7. The quantitative estimate of drug-likeness (QED) is 0.259. The van der Waals surface area contributed by atoms with Crippen LogP contribution in [0.2, 0.25) is 0 Å². The molecule has 1 heterocycles. The Morgan fingerprint density at radius 1 is 0.861 bits per heavy atom. The van der Waals surface area contributed by atoms with Gasteiger partial charge in [0.15, 0.2) is 29.3 Å². The summed E-state index contributed by atoms with van der Waals surface area (Å²) in [6.07, 6.45) is -7.95. The van der Waals surface area contributed by atoms with Crippen molar-refractivity contribution in [1.82, 2.24) is 0 Å². The molecule has 0 amide bonds. The number of methoxy groups -OCH3 is 2. The van der Waals surface area contributed by atoms with Gasteiger partial charge in [0.05, 0.1) is 26.9 Å². The van der Waals surface area contributed by atoms with Crippen LogP contribution in [0.4, 0.5) is 0 Å². The van der Waals surface area contributed by atoms with Gasteiger partial charge >= 0.3 is 0 Å². The van der Waals surface area contributed by atoms with Crippen molar-refractivity contribution in [2.24, 2.45) is 5.92 Å². The third-order valence-electron chi connectivity index (χ3n) is 6.99. The van der Waals surface area contributed by atoms with Crippen molar-refractivity contribution >= 4 is 0 Å². The van der Waals surface area contributed by atoms with Crippen LogP contribution in [-0.4, -0.2) is 100.0 Å². The van der Waals surface area contributed by atoms with Gasteiger partial charge in [-0.1, -0.05) is 6.07 Å². The molecule has 0 bridgehead atoms. The number of aliphatic hydroxyl groups excluding tert-OH is 5. The minimum atomic E-state index is -1.64. The monoisotopic (exact) mass is 508 g/mol. The van der Waals surface area contributed by atoms with Crippen LogP contribution < -0.4 is 9.47 Å². The molecule has 11 nitrogen and oxygen atoms in total. The van der Waals surface area contributed by atoms with Crippen molar-refractivity contribution in [2.45, 2.75) is 49.1 Å². The van der Waals surface area contributed by atoms with E-state index in [1.807, 2.05) is 0 Å². The Hall–Kier alpha value is -2.64. The Balaban J connectivity index is 1.81. The lowest BCUT2D eigenvalue weighted by atomic mass is 9.71. The van der Waals surface area contributed by atoms with Gasteiger partial charge in [0.25, 0.3) is 0 Å². The molecule has 2 aliphatic rings. The minimum absolute atomic E-state index is 0.0834. The number of ether oxygens (including phenoxy) is 4. The average Bonchev–Trinajstić information content (AvgIpc) is 2.88. The summed E-state index contributed by atoms with van der Waals surface area (Å²) in [4.78, 5) is 0. The van der Waals surface area contributed by atoms with Crippen LogP contribution in [0.5, 0.6) is 23.0 Å². The van der Waals surface area contributed by atoms with E-state index in [1.54, 1.807) is 18.2 Å². The maximum absolute atomic E-state index is 10.6. The Labute approximate surface area is 207 Å². The fraction of sp³-hybridized carbons (Fsp3) is 0.520. The van der Waals surface area contributed by atoms with Gasteiger partial charge in [-0.3, -0.25) is 0 Å². The molecule has 2 aromatic rings. The topological polar surface area (TPSA) is 179 Å². The van der Waals surface area contributed by atoms with Gasteiger partial charge in [0.2, 0.25) is 0 Å². The van der Waals surface area contributed by atoms with Gasteiger partial charge in [-0.2, -0.15) is 0 Å². The Morgan fingerprint density at radius 2 is 1.56 bits per heavy atom. The molecule has 8 atom stereocenters. The average molecular weight is 509 g/mol. The fourth-order valence-electron chi connectivity index (χ4n) is 5.05. The first-order valence-electron chi connectivity index (χ1n) is 11.6. The third kappa shape index (κ3) is 4.71. The molecule has 1 aliphatic heterocycles. The Kier molecular flexibility index (Phi) is 7.90. The second-order valence-electron chi connectivity index (χ2n) is 9.08. The lowest BCUT2D eigenvalue weighted by molar-refractivity contribution is -0.317. The van der Waals surface area contributed by atoms with E-state index in [-0.39, 0.29) is 29.6 Å². The summed E-state index contributed by atoms with van der Waals surface area (Å²) in [5.74, 6) is -0.903. The van der Waals surface area contributed by atoms with Crippen molar-refractivity contribution in [3.05, 3.63) is 47.0 Å². The fourth-order valence-corrected chi connectivity index (χ4v) is 5.05. The summed E-state index contributed by atoms with van der Waals surface area (Å²) in [5, 5.41) is 71.5. The summed E-state index contributed by atoms with van der Waals surface area (Å²) in [7, 11) is 2.84. The van der Waals surface area contributed by atoms with Gasteiger partial charge in [-0.15, -0.1) is 0 Å². The smallest absolute Gasteiger partial charge is 0.187 e. The summed E-state index contributed by atoms with van der Waals surface area (Å²) in [6, 6.07) is 7.92. The van der Waals surface area contributed by atoms with E-state index in [0.717, 1.165) is 5.56 Å². The lowest BCUT2D eigenvalue weighted by Crippen LogP contribution is -2.60. The minimum Gasteiger partial charge on any atom is -0.504 e. The van der Waals surface area contributed by atoms with Crippen LogP contribution in [0.25, 0.3) is 0 Å². The van der Waals surface area contributed by atoms with E-state index >= 15 is 0 Å². The molecule has 7 N–H and O–H groups in total. The Morgan fingerprint density at radius 3 is 2.19 bits per heavy atom. The number of phenolic OH excluding ortho intramolecular Hbond substituents is 2. The molecular formula is C25H32O11. The zero-order valence-corrected chi connectivity index (χ0v) is 19.9. The number of fused-ring (bicyclic) bond motifs is 1. The number of hydrogen-bond donors (Lipinski definition) is 7. The molecule has 0 aromatic heterocycles. The third-order valence-corrected chi connectivity index (χ3v) is 6.99. The van der Waals surface area contributed by atoms with Gasteiger partial charge < -0.3 is 54.7 Å². The van der Waals surface area contributed by atoms with E-state index in [4.69, 9.17) is 18.9 Å². The highest BCUT2D eigenvalue weighted by molar-refractivity contribution is 5.54. The van der Waals surface area contributed by atoms with Gasteiger partial charge in [-0.25, -0.2) is 0 Å². The molecule has 0 unspecified atom stereocenters. The van der Waals surface area contributed by atoms with Gasteiger partial charge in [-0.05, 0) is 47.4 Å². The maximum atomic E-state index is 10.6. The summed E-state index contributed by atoms with van der Waals surface area (Å²) in [5.41, 5.74) is 2.05. The normalized spacial score (nSPS) is 32.1. The van der Waals surface area contributed by atoms with Crippen LogP contribution in [0.3, 0.4) is 0 Å². The molecule has 11 heteroatoms. The Bertz CT molecular complexity index is 1060. The first kappa shape index (κ1) is 26.4. The first-order chi connectivity index (χ1) is 17.2. The number of hydrogen-bond acceptors (Lipinski definition) is 11. The zero-order valence-electron chi connectivity index (χ0n) is 19.9. The molecule has 4 rings (SSSR count).